The Bertz CT molecular complexity index is 1120. The molecule has 1 aliphatic rings. The maximum atomic E-state index is 14.1. The maximum Gasteiger partial charge on any atom is 0.326 e. The topological polar surface area (TPSA) is 76.1 Å². The van der Waals surface area contributed by atoms with Crippen molar-refractivity contribution in [1.82, 2.24) is 9.55 Å². The van der Waals surface area contributed by atoms with Gasteiger partial charge < -0.3 is 15.0 Å². The third-order valence-corrected chi connectivity index (χ3v) is 6.23. The molecule has 2 N–H and O–H groups in total. The van der Waals surface area contributed by atoms with Crippen LogP contribution in [-0.4, -0.2) is 22.6 Å². The Labute approximate surface area is 175 Å². The molecule has 0 unspecified atom stereocenters. The molecule has 29 heavy (non-hydrogen) atoms. The van der Waals surface area contributed by atoms with Gasteiger partial charge in [-0.1, -0.05) is 6.07 Å². The van der Waals surface area contributed by atoms with Gasteiger partial charge in [-0.05, 0) is 65.9 Å². The summed E-state index contributed by atoms with van der Waals surface area (Å²) in [4.78, 5) is 28.0. The predicted molar refractivity (Wildman–Crippen MR) is 113 cm³/mol. The summed E-state index contributed by atoms with van der Waals surface area (Å²) < 4.78 is 21.7. The highest BCUT2D eigenvalue weighted by atomic mass is 79.9. The van der Waals surface area contributed by atoms with E-state index < -0.39 is 5.82 Å². The number of benzene rings is 2. The Kier molecular flexibility index (Phi) is 5.45. The number of ether oxygens (including phenoxy) is 1. The van der Waals surface area contributed by atoms with Gasteiger partial charge >= 0.3 is 5.69 Å². The number of hydrogen-bond donors (Lipinski definition) is 2. The van der Waals surface area contributed by atoms with Crippen molar-refractivity contribution in [1.29, 1.82) is 0 Å². The van der Waals surface area contributed by atoms with Crippen LogP contribution in [0.5, 0.6) is 5.75 Å². The number of hydrogen-bond acceptors (Lipinski definition) is 3. The predicted octanol–water partition coefficient (Wildman–Crippen LogP) is 4.61. The molecule has 1 aromatic heterocycles. The van der Waals surface area contributed by atoms with Crippen LogP contribution in [0.4, 0.5) is 10.1 Å². The lowest BCUT2D eigenvalue weighted by molar-refractivity contribution is -0.121. The summed E-state index contributed by atoms with van der Waals surface area (Å²) in [6.45, 7) is 0. The van der Waals surface area contributed by atoms with E-state index in [0.717, 1.165) is 15.5 Å². The summed E-state index contributed by atoms with van der Waals surface area (Å²) in [6.07, 6.45) is 2.70. The van der Waals surface area contributed by atoms with E-state index in [0.29, 0.717) is 31.4 Å². The van der Waals surface area contributed by atoms with Crippen LogP contribution >= 0.6 is 15.9 Å². The van der Waals surface area contributed by atoms with Gasteiger partial charge in [-0.3, -0.25) is 9.36 Å². The first-order valence-electron chi connectivity index (χ1n) is 9.51. The van der Waals surface area contributed by atoms with Crippen molar-refractivity contribution in [3.8, 4) is 5.75 Å². The number of imidazole rings is 1. The zero-order valence-corrected chi connectivity index (χ0v) is 17.5. The van der Waals surface area contributed by atoms with Crippen molar-refractivity contribution >= 4 is 38.6 Å². The molecule has 1 aliphatic carbocycles. The first kappa shape index (κ1) is 19.7. The van der Waals surface area contributed by atoms with Crippen LogP contribution in [0.15, 0.2) is 45.7 Å². The fourth-order valence-electron chi connectivity index (χ4n) is 4.03. The molecule has 1 fully saturated rings. The molecule has 1 heterocycles. The summed E-state index contributed by atoms with van der Waals surface area (Å²) >= 11 is 3.47. The fourth-order valence-corrected chi connectivity index (χ4v) is 4.49. The fraction of sp³-hybridized carbons (Fsp3) is 0.333. The number of amides is 1. The first-order valence-corrected chi connectivity index (χ1v) is 10.3. The molecule has 0 atom stereocenters. The molecule has 152 valence electrons. The Balaban J connectivity index is 1.45. The number of nitrogens with zero attached hydrogens (tertiary/aromatic N) is 1. The van der Waals surface area contributed by atoms with Crippen LogP contribution in [0, 0.1) is 11.7 Å². The number of rotatable bonds is 4. The van der Waals surface area contributed by atoms with Gasteiger partial charge in [-0.15, -0.1) is 0 Å². The van der Waals surface area contributed by atoms with Crippen molar-refractivity contribution in [2.24, 2.45) is 5.92 Å². The van der Waals surface area contributed by atoms with Gasteiger partial charge in [0.15, 0.2) is 0 Å². The van der Waals surface area contributed by atoms with Crippen LogP contribution in [0.3, 0.4) is 0 Å². The Morgan fingerprint density at radius 2 is 2.00 bits per heavy atom. The average Bonchev–Trinajstić information content (AvgIpc) is 3.07. The molecule has 0 saturated heterocycles. The van der Waals surface area contributed by atoms with Crippen molar-refractivity contribution in [3.05, 3.63) is 57.2 Å². The minimum atomic E-state index is -0.526. The van der Waals surface area contributed by atoms with E-state index in [1.165, 1.54) is 19.2 Å². The minimum absolute atomic E-state index is 0.0346. The molecule has 0 aliphatic heterocycles. The second-order valence-corrected chi connectivity index (χ2v) is 8.13. The number of aromatic amines is 1. The van der Waals surface area contributed by atoms with E-state index in [4.69, 9.17) is 4.74 Å². The number of carbonyl (C=O) groups excluding carboxylic acids is 1. The minimum Gasteiger partial charge on any atom is -0.497 e. The molecule has 0 spiro atoms. The highest BCUT2D eigenvalue weighted by molar-refractivity contribution is 9.10. The summed E-state index contributed by atoms with van der Waals surface area (Å²) in [7, 11) is 1.46. The molecular weight excluding hydrogens is 441 g/mol. The molecule has 1 saturated carbocycles. The number of anilines is 1. The van der Waals surface area contributed by atoms with Gasteiger partial charge in [0.25, 0.3) is 0 Å². The molecule has 6 nitrogen and oxygen atoms in total. The van der Waals surface area contributed by atoms with Gasteiger partial charge in [0.2, 0.25) is 5.91 Å². The second-order valence-electron chi connectivity index (χ2n) is 7.27. The molecular formula is C21H21BrFN3O3. The molecule has 1 amide bonds. The number of H-pyrrole nitrogens is 1. The summed E-state index contributed by atoms with van der Waals surface area (Å²) in [6, 6.07) is 10.1. The van der Waals surface area contributed by atoms with E-state index >= 15 is 0 Å². The smallest absolute Gasteiger partial charge is 0.326 e. The lowest BCUT2D eigenvalue weighted by Crippen LogP contribution is -2.31. The molecule has 0 bridgehead atoms. The van der Waals surface area contributed by atoms with Gasteiger partial charge in [0.1, 0.15) is 11.6 Å². The van der Waals surface area contributed by atoms with Crippen molar-refractivity contribution in [2.75, 3.05) is 12.4 Å². The Morgan fingerprint density at radius 3 is 2.69 bits per heavy atom. The summed E-state index contributed by atoms with van der Waals surface area (Å²) in [5, 5.41) is 2.68. The molecule has 0 radical (unpaired) electrons. The van der Waals surface area contributed by atoms with Crippen molar-refractivity contribution in [3.63, 3.8) is 0 Å². The van der Waals surface area contributed by atoms with E-state index in [9.17, 15) is 14.0 Å². The van der Waals surface area contributed by atoms with Gasteiger partial charge in [0.05, 0.1) is 23.8 Å². The van der Waals surface area contributed by atoms with Crippen LogP contribution in [0.25, 0.3) is 11.0 Å². The molecule has 2 aromatic carbocycles. The van der Waals surface area contributed by atoms with Crippen LogP contribution in [0.1, 0.15) is 31.7 Å². The molecule has 4 rings (SSSR count). The zero-order chi connectivity index (χ0) is 20.5. The standard InChI is InChI=1S/C21H21BrFN3O3/c1-29-14-9-10-17(16(23)11-14)24-20(27)12-5-7-13(8-6-12)26-18-4-2-3-15(22)19(18)25-21(26)28/h2-4,9-13H,5-8H2,1H3,(H,24,27)(H,25,28). The van der Waals surface area contributed by atoms with Crippen LogP contribution in [-0.2, 0) is 4.79 Å². The highest BCUT2D eigenvalue weighted by Crippen LogP contribution is 2.35. The Hall–Kier alpha value is -2.61. The van der Waals surface area contributed by atoms with Gasteiger partial charge in [0, 0.05) is 22.5 Å². The number of para-hydroxylation sites is 1. The number of nitrogens with one attached hydrogen (secondary N) is 2. The van der Waals surface area contributed by atoms with Gasteiger partial charge in [-0.2, -0.15) is 0 Å². The third kappa shape index (κ3) is 3.81. The summed E-state index contributed by atoms with van der Waals surface area (Å²) in [5.74, 6) is -0.527. The van der Waals surface area contributed by atoms with Crippen LogP contribution < -0.4 is 15.7 Å². The number of halogens is 2. The first-order chi connectivity index (χ1) is 14.0. The largest absolute Gasteiger partial charge is 0.497 e. The molecule has 8 heteroatoms. The van der Waals surface area contributed by atoms with Crippen molar-refractivity contribution < 1.29 is 13.9 Å². The Morgan fingerprint density at radius 1 is 1.24 bits per heavy atom. The van der Waals surface area contributed by atoms with Gasteiger partial charge in [-0.25, -0.2) is 9.18 Å². The average molecular weight is 462 g/mol. The number of carbonyl (C=O) groups is 1. The van der Waals surface area contributed by atoms with E-state index in [1.807, 2.05) is 18.2 Å². The highest BCUT2D eigenvalue weighted by Gasteiger charge is 2.29. The monoisotopic (exact) mass is 461 g/mol. The lowest BCUT2D eigenvalue weighted by atomic mass is 9.85. The molecule has 3 aromatic rings. The van der Waals surface area contributed by atoms with E-state index in [1.54, 1.807) is 10.6 Å². The number of methoxy groups -OCH3 is 1. The maximum absolute atomic E-state index is 14.1. The normalized spacial score (nSPS) is 19.3. The summed E-state index contributed by atoms with van der Waals surface area (Å²) in [5.41, 5.74) is 1.65. The number of aromatic nitrogens is 2. The van der Waals surface area contributed by atoms with Crippen LogP contribution in [0.2, 0.25) is 0 Å². The van der Waals surface area contributed by atoms with E-state index in [-0.39, 0.29) is 29.2 Å². The quantitative estimate of drug-likeness (QED) is 0.595. The van der Waals surface area contributed by atoms with Crippen molar-refractivity contribution in [2.45, 2.75) is 31.7 Å². The lowest BCUT2D eigenvalue weighted by Gasteiger charge is -2.28. The number of fused-ring (bicyclic) bond motifs is 1. The second kappa shape index (κ2) is 8.02. The third-order valence-electron chi connectivity index (χ3n) is 5.57. The SMILES string of the molecule is COc1ccc(NC(=O)C2CCC(n3c(=O)[nH]c4c(Br)cccc43)CC2)c(F)c1. The van der Waals surface area contributed by atoms with E-state index in [2.05, 4.69) is 26.2 Å². The zero-order valence-electron chi connectivity index (χ0n) is 15.9.